The summed E-state index contributed by atoms with van der Waals surface area (Å²) >= 11 is 0. The van der Waals surface area contributed by atoms with Gasteiger partial charge in [-0.1, -0.05) is 49.6 Å². The molecule has 1 atom stereocenters. The van der Waals surface area contributed by atoms with Crippen molar-refractivity contribution in [3.8, 4) is 0 Å². The molecular weight excluding hydrogens is 392 g/mol. The van der Waals surface area contributed by atoms with E-state index in [1.54, 1.807) is 41.1 Å². The zero-order chi connectivity index (χ0) is 21.3. The molecule has 2 amide bonds. The number of carbonyl (C=O) groups excluding carboxylic acids is 2. The first-order valence-electron chi connectivity index (χ1n) is 10.8. The van der Waals surface area contributed by atoms with Crippen LogP contribution in [0.4, 0.5) is 5.69 Å². The van der Waals surface area contributed by atoms with Crippen LogP contribution in [0.1, 0.15) is 53.8 Å². The van der Waals surface area contributed by atoms with Crippen LogP contribution in [0.5, 0.6) is 0 Å². The molecule has 1 saturated carbocycles. The molecule has 0 radical (unpaired) electrons. The van der Waals surface area contributed by atoms with E-state index in [-0.39, 0.29) is 34.6 Å². The maximum Gasteiger partial charge on any atom is 0.291 e. The minimum Gasteiger partial charge on any atom is -0.450 e. The van der Waals surface area contributed by atoms with Crippen LogP contribution in [0.25, 0.3) is 11.0 Å². The molecule has 3 heterocycles. The van der Waals surface area contributed by atoms with E-state index >= 15 is 0 Å². The van der Waals surface area contributed by atoms with Gasteiger partial charge < -0.3 is 14.2 Å². The zero-order valence-corrected chi connectivity index (χ0v) is 17.3. The highest BCUT2D eigenvalue weighted by Crippen LogP contribution is 2.53. The van der Waals surface area contributed by atoms with Crippen molar-refractivity contribution in [1.29, 1.82) is 0 Å². The Labute approximate surface area is 179 Å². The van der Waals surface area contributed by atoms with Gasteiger partial charge in [-0.3, -0.25) is 14.4 Å². The summed E-state index contributed by atoms with van der Waals surface area (Å²) in [6.45, 7) is 0. The molecule has 2 aliphatic heterocycles. The van der Waals surface area contributed by atoms with Crippen molar-refractivity contribution in [2.45, 2.75) is 43.7 Å². The van der Waals surface area contributed by atoms with Gasteiger partial charge in [0.25, 0.3) is 11.8 Å². The third-order valence-corrected chi connectivity index (χ3v) is 7.14. The number of hydrogen-bond acceptors (Lipinski definition) is 4. The molecule has 1 spiro atoms. The van der Waals surface area contributed by atoms with Crippen molar-refractivity contribution < 1.29 is 14.0 Å². The second kappa shape index (κ2) is 6.30. The Kier molecular flexibility index (Phi) is 3.73. The molecule has 31 heavy (non-hydrogen) atoms. The highest BCUT2D eigenvalue weighted by molar-refractivity contribution is 6.17. The lowest BCUT2D eigenvalue weighted by Gasteiger charge is -2.41. The third-order valence-electron chi connectivity index (χ3n) is 7.14. The fourth-order valence-electron chi connectivity index (χ4n) is 5.80. The quantitative estimate of drug-likeness (QED) is 0.607. The van der Waals surface area contributed by atoms with E-state index in [2.05, 4.69) is 0 Å². The minimum absolute atomic E-state index is 0.00715. The Morgan fingerprint density at radius 2 is 1.65 bits per heavy atom. The van der Waals surface area contributed by atoms with Gasteiger partial charge in [0.2, 0.25) is 5.76 Å². The Morgan fingerprint density at radius 3 is 2.45 bits per heavy atom. The first kappa shape index (κ1) is 18.4. The summed E-state index contributed by atoms with van der Waals surface area (Å²) in [4.78, 5) is 44.9. The van der Waals surface area contributed by atoms with Crippen molar-refractivity contribution in [2.75, 3.05) is 11.9 Å². The van der Waals surface area contributed by atoms with Crippen molar-refractivity contribution in [3.63, 3.8) is 0 Å². The average Bonchev–Trinajstić information content (AvgIpc) is 3.19. The smallest absolute Gasteiger partial charge is 0.291 e. The van der Waals surface area contributed by atoms with Gasteiger partial charge in [0, 0.05) is 24.3 Å². The monoisotopic (exact) mass is 414 g/mol. The van der Waals surface area contributed by atoms with Crippen molar-refractivity contribution in [2.24, 2.45) is 0 Å². The number of carbonyl (C=O) groups is 2. The van der Waals surface area contributed by atoms with Crippen LogP contribution in [-0.4, -0.2) is 29.8 Å². The molecule has 1 fully saturated rings. The molecule has 0 N–H and O–H groups in total. The largest absolute Gasteiger partial charge is 0.450 e. The number of nitrogens with zero attached hydrogens (tertiary/aromatic N) is 2. The van der Waals surface area contributed by atoms with Crippen molar-refractivity contribution >= 4 is 28.5 Å². The number of hydrogen-bond donors (Lipinski definition) is 0. The van der Waals surface area contributed by atoms with Crippen molar-refractivity contribution in [1.82, 2.24) is 4.90 Å². The van der Waals surface area contributed by atoms with Gasteiger partial charge in [-0.25, -0.2) is 0 Å². The fraction of sp³-hybridized carbons (Fsp3) is 0.320. The van der Waals surface area contributed by atoms with Gasteiger partial charge in [0.15, 0.2) is 11.0 Å². The van der Waals surface area contributed by atoms with Gasteiger partial charge in [-0.15, -0.1) is 0 Å². The molecule has 6 heteroatoms. The standard InChI is InChI=1S/C25H22N2O4/c1-26-18-13-7-6-12-17(18)25(24(26)30)20-21(28)16-11-5-8-14-19(16)31-22(20)23(29)27(25)15-9-3-2-4-10-15/h5-8,11-15H,2-4,9-10H2,1H3. The molecule has 0 saturated heterocycles. The van der Waals surface area contributed by atoms with Crippen LogP contribution in [0, 0.1) is 0 Å². The summed E-state index contributed by atoms with van der Waals surface area (Å²) in [6, 6.07) is 14.3. The maximum absolute atomic E-state index is 14.0. The van der Waals surface area contributed by atoms with Crippen LogP contribution in [0.2, 0.25) is 0 Å². The van der Waals surface area contributed by atoms with Crippen LogP contribution >= 0.6 is 0 Å². The van der Waals surface area contributed by atoms with Gasteiger partial charge in [0.05, 0.1) is 10.9 Å². The molecular formula is C25H22N2O4. The fourth-order valence-corrected chi connectivity index (χ4v) is 5.80. The maximum atomic E-state index is 14.0. The molecule has 3 aromatic rings. The number of anilines is 1. The Bertz CT molecular complexity index is 1320. The van der Waals surface area contributed by atoms with Crippen LogP contribution < -0.4 is 10.3 Å². The second-order valence-electron chi connectivity index (χ2n) is 8.69. The zero-order valence-electron chi connectivity index (χ0n) is 17.3. The lowest BCUT2D eigenvalue weighted by atomic mass is 9.81. The molecule has 1 aliphatic carbocycles. The predicted molar refractivity (Wildman–Crippen MR) is 116 cm³/mol. The first-order valence-corrected chi connectivity index (χ1v) is 10.8. The summed E-state index contributed by atoms with van der Waals surface area (Å²) in [6.07, 6.45) is 4.73. The number of likely N-dealkylation sites (N-methyl/N-ethyl adjacent to an activating group) is 1. The van der Waals surface area contributed by atoms with E-state index in [0.29, 0.717) is 16.5 Å². The van der Waals surface area contributed by atoms with Crippen LogP contribution in [0.15, 0.2) is 57.7 Å². The SMILES string of the molecule is CN1C(=O)C2(c3ccccc31)c1c(oc3ccccc3c1=O)C(=O)N2C1CCCCC1. The topological polar surface area (TPSA) is 70.8 Å². The number of benzene rings is 2. The summed E-state index contributed by atoms with van der Waals surface area (Å²) in [5, 5.41) is 0.388. The molecule has 2 aromatic carbocycles. The number of amides is 2. The molecule has 3 aliphatic rings. The molecule has 156 valence electrons. The Morgan fingerprint density at radius 1 is 0.935 bits per heavy atom. The van der Waals surface area contributed by atoms with Crippen molar-refractivity contribution in [3.05, 3.63) is 75.6 Å². The summed E-state index contributed by atoms with van der Waals surface area (Å²) in [7, 11) is 1.71. The lowest BCUT2D eigenvalue weighted by molar-refractivity contribution is -0.127. The van der Waals surface area contributed by atoms with Gasteiger partial charge >= 0.3 is 0 Å². The summed E-state index contributed by atoms with van der Waals surface area (Å²) < 4.78 is 6.04. The molecule has 1 unspecified atom stereocenters. The van der Waals surface area contributed by atoms with Gasteiger partial charge in [-0.05, 0) is 31.0 Å². The predicted octanol–water partition coefficient (Wildman–Crippen LogP) is 3.80. The summed E-state index contributed by atoms with van der Waals surface area (Å²) in [5.41, 5.74) is 0.173. The molecule has 1 aromatic heterocycles. The number of para-hydroxylation sites is 2. The lowest BCUT2D eigenvalue weighted by Crippen LogP contribution is -2.56. The highest BCUT2D eigenvalue weighted by Gasteiger charge is 2.65. The second-order valence-corrected chi connectivity index (χ2v) is 8.69. The van der Waals surface area contributed by atoms with E-state index in [4.69, 9.17) is 4.42 Å². The first-order chi connectivity index (χ1) is 15.1. The summed E-state index contributed by atoms with van der Waals surface area (Å²) in [5.74, 6) is -0.620. The van der Waals surface area contributed by atoms with Gasteiger partial charge in [-0.2, -0.15) is 0 Å². The number of rotatable bonds is 1. The minimum atomic E-state index is -1.47. The normalized spacial score (nSPS) is 23.1. The van der Waals surface area contributed by atoms with E-state index in [1.807, 2.05) is 24.3 Å². The molecule has 6 rings (SSSR count). The van der Waals surface area contributed by atoms with E-state index in [1.165, 1.54) is 0 Å². The number of fused-ring (bicyclic) bond motifs is 5. The Hall–Kier alpha value is -3.41. The van der Waals surface area contributed by atoms with E-state index < -0.39 is 5.54 Å². The average molecular weight is 414 g/mol. The Balaban J connectivity index is 1.75. The highest BCUT2D eigenvalue weighted by atomic mass is 16.3. The molecule has 0 bridgehead atoms. The van der Waals surface area contributed by atoms with Crippen LogP contribution in [0.3, 0.4) is 0 Å². The van der Waals surface area contributed by atoms with E-state index in [9.17, 15) is 14.4 Å². The van der Waals surface area contributed by atoms with Gasteiger partial charge in [0.1, 0.15) is 5.58 Å². The molecule has 6 nitrogen and oxygen atoms in total. The van der Waals surface area contributed by atoms with Crippen LogP contribution in [-0.2, 0) is 10.3 Å². The van der Waals surface area contributed by atoms with E-state index in [0.717, 1.165) is 37.8 Å². The third kappa shape index (κ3) is 2.14.